The molecule has 0 bridgehead atoms. The third-order valence-electron chi connectivity index (χ3n) is 2.79. The number of para-hydroxylation sites is 2. The molecule has 1 aliphatic carbocycles. The van der Waals surface area contributed by atoms with Gasteiger partial charge in [0.1, 0.15) is 5.52 Å². The first-order valence-electron chi connectivity index (χ1n) is 5.76. The number of guanidine groups is 1. The molecule has 0 spiro atoms. The minimum atomic E-state index is 0.239. The first-order chi connectivity index (χ1) is 8.31. The number of benzene rings is 1. The number of hydrogen-bond acceptors (Lipinski definition) is 3. The maximum atomic E-state index is 7.70. The Morgan fingerprint density at radius 2 is 2.24 bits per heavy atom. The van der Waals surface area contributed by atoms with Crippen LogP contribution in [0.5, 0.6) is 0 Å². The Morgan fingerprint density at radius 1 is 1.41 bits per heavy atom. The van der Waals surface area contributed by atoms with Gasteiger partial charge in [-0.25, -0.2) is 0 Å². The van der Waals surface area contributed by atoms with Gasteiger partial charge in [0.2, 0.25) is 0 Å². The molecule has 1 aromatic heterocycles. The summed E-state index contributed by atoms with van der Waals surface area (Å²) in [6.45, 7) is 0.853. The highest BCUT2D eigenvalue weighted by atomic mass is 16.4. The molecule has 3 N–H and O–H groups in total. The number of oxazole rings is 1. The molecule has 2 aromatic rings. The molecule has 0 radical (unpaired) electrons. The van der Waals surface area contributed by atoms with E-state index in [-0.39, 0.29) is 5.96 Å². The van der Waals surface area contributed by atoms with E-state index in [4.69, 9.17) is 9.83 Å². The highest BCUT2D eigenvalue weighted by molar-refractivity contribution is 5.90. The molecular weight excluding hydrogens is 216 g/mol. The summed E-state index contributed by atoms with van der Waals surface area (Å²) in [6, 6.07) is 7.90. The van der Waals surface area contributed by atoms with Crippen molar-refractivity contribution in [3.05, 3.63) is 24.3 Å². The van der Waals surface area contributed by atoms with Gasteiger partial charge in [-0.05, 0) is 30.9 Å². The van der Waals surface area contributed by atoms with E-state index in [1.165, 1.54) is 12.8 Å². The predicted molar refractivity (Wildman–Crippen MR) is 66.1 cm³/mol. The number of aromatic nitrogens is 1. The largest absolute Gasteiger partial charge is 0.423 e. The molecule has 0 amide bonds. The third kappa shape index (κ3) is 2.38. The third-order valence-corrected chi connectivity index (χ3v) is 2.79. The number of rotatable bonds is 3. The molecule has 1 fully saturated rings. The van der Waals surface area contributed by atoms with Gasteiger partial charge in [0, 0.05) is 6.54 Å². The van der Waals surface area contributed by atoms with Crippen molar-refractivity contribution >= 4 is 23.1 Å². The summed E-state index contributed by atoms with van der Waals surface area (Å²) < 4.78 is 5.46. The van der Waals surface area contributed by atoms with Crippen LogP contribution >= 0.6 is 0 Å². The second-order valence-electron chi connectivity index (χ2n) is 4.31. The summed E-state index contributed by atoms with van der Waals surface area (Å²) in [5, 5.41) is 13.5. The Balaban J connectivity index is 1.64. The minimum Gasteiger partial charge on any atom is -0.423 e. The molecule has 88 valence electrons. The van der Waals surface area contributed by atoms with E-state index in [0.717, 1.165) is 23.6 Å². The Kier molecular flexibility index (Phi) is 2.44. The second-order valence-corrected chi connectivity index (χ2v) is 4.31. The Hall–Kier alpha value is -2.04. The number of hydrogen-bond donors (Lipinski definition) is 3. The van der Waals surface area contributed by atoms with E-state index < -0.39 is 0 Å². The molecule has 5 nitrogen and oxygen atoms in total. The van der Waals surface area contributed by atoms with Crippen molar-refractivity contribution in [2.45, 2.75) is 12.8 Å². The second kappa shape index (κ2) is 4.08. The predicted octanol–water partition coefficient (Wildman–Crippen LogP) is 2.17. The first kappa shape index (κ1) is 10.1. The van der Waals surface area contributed by atoms with Crippen LogP contribution in [0.1, 0.15) is 12.8 Å². The van der Waals surface area contributed by atoms with Crippen LogP contribution in [-0.2, 0) is 0 Å². The molecule has 5 heteroatoms. The zero-order valence-corrected chi connectivity index (χ0v) is 9.36. The topological polar surface area (TPSA) is 73.9 Å². The molecule has 1 heterocycles. The molecule has 0 unspecified atom stereocenters. The van der Waals surface area contributed by atoms with Crippen LogP contribution in [0.15, 0.2) is 28.7 Å². The zero-order valence-electron chi connectivity index (χ0n) is 9.36. The van der Waals surface area contributed by atoms with Gasteiger partial charge in [0.15, 0.2) is 11.5 Å². The molecule has 1 aromatic carbocycles. The average Bonchev–Trinajstić information content (AvgIpc) is 3.06. The van der Waals surface area contributed by atoms with Crippen molar-refractivity contribution < 1.29 is 4.42 Å². The number of nitrogens with zero attached hydrogens (tertiary/aromatic N) is 1. The minimum absolute atomic E-state index is 0.239. The lowest BCUT2D eigenvalue weighted by molar-refractivity contribution is 0.622. The van der Waals surface area contributed by atoms with Crippen molar-refractivity contribution in [1.82, 2.24) is 10.3 Å². The van der Waals surface area contributed by atoms with Crippen LogP contribution in [0.2, 0.25) is 0 Å². The fourth-order valence-electron chi connectivity index (χ4n) is 1.65. The van der Waals surface area contributed by atoms with Crippen molar-refractivity contribution in [2.75, 3.05) is 11.9 Å². The van der Waals surface area contributed by atoms with Crippen LogP contribution < -0.4 is 10.6 Å². The monoisotopic (exact) mass is 230 g/mol. The maximum Gasteiger partial charge on any atom is 0.302 e. The summed E-state index contributed by atoms with van der Waals surface area (Å²) in [6.07, 6.45) is 2.53. The lowest BCUT2D eigenvalue weighted by Crippen LogP contribution is -2.31. The molecule has 0 atom stereocenters. The number of fused-ring (bicyclic) bond motifs is 1. The summed E-state index contributed by atoms with van der Waals surface area (Å²) in [7, 11) is 0. The lowest BCUT2D eigenvalue weighted by Gasteiger charge is -2.05. The summed E-state index contributed by atoms with van der Waals surface area (Å²) >= 11 is 0. The molecule has 0 aliphatic heterocycles. The van der Waals surface area contributed by atoms with E-state index in [9.17, 15) is 0 Å². The van der Waals surface area contributed by atoms with Gasteiger partial charge in [-0.2, -0.15) is 4.98 Å². The average molecular weight is 230 g/mol. The van der Waals surface area contributed by atoms with Gasteiger partial charge in [-0.3, -0.25) is 10.7 Å². The van der Waals surface area contributed by atoms with Gasteiger partial charge in [-0.1, -0.05) is 12.1 Å². The van der Waals surface area contributed by atoms with Gasteiger partial charge in [0.25, 0.3) is 0 Å². The van der Waals surface area contributed by atoms with Crippen molar-refractivity contribution in [3.8, 4) is 0 Å². The zero-order chi connectivity index (χ0) is 11.7. The van der Waals surface area contributed by atoms with Crippen LogP contribution in [0.4, 0.5) is 6.01 Å². The Labute approximate surface area is 98.7 Å². The Bertz CT molecular complexity index is 511. The lowest BCUT2D eigenvalue weighted by atomic mass is 10.3. The van der Waals surface area contributed by atoms with Crippen LogP contribution in [0.3, 0.4) is 0 Å². The van der Waals surface area contributed by atoms with Crippen molar-refractivity contribution in [1.29, 1.82) is 5.41 Å². The number of nitrogens with one attached hydrogen (secondary N) is 3. The summed E-state index contributed by atoms with van der Waals surface area (Å²) in [4.78, 5) is 4.24. The standard InChI is InChI=1S/C12H14N4O/c13-11(14-7-8-5-6-8)16-12-15-9-3-1-2-4-10(9)17-12/h1-4,8H,5-7H2,(H3,13,14,15,16). The first-order valence-corrected chi connectivity index (χ1v) is 5.76. The van der Waals surface area contributed by atoms with E-state index in [2.05, 4.69) is 15.6 Å². The summed E-state index contributed by atoms with van der Waals surface area (Å²) in [5.41, 5.74) is 1.52. The van der Waals surface area contributed by atoms with E-state index >= 15 is 0 Å². The number of anilines is 1. The molecule has 1 aliphatic rings. The maximum absolute atomic E-state index is 7.70. The van der Waals surface area contributed by atoms with E-state index in [0.29, 0.717) is 6.01 Å². The Morgan fingerprint density at radius 3 is 3.00 bits per heavy atom. The van der Waals surface area contributed by atoms with Crippen molar-refractivity contribution in [3.63, 3.8) is 0 Å². The SMILES string of the molecule is N=C(NCC1CC1)Nc1nc2ccccc2o1. The van der Waals surface area contributed by atoms with Gasteiger partial charge in [-0.15, -0.1) is 0 Å². The van der Waals surface area contributed by atoms with Gasteiger partial charge in [0.05, 0.1) is 0 Å². The van der Waals surface area contributed by atoms with Gasteiger partial charge >= 0.3 is 6.01 Å². The van der Waals surface area contributed by atoms with Crippen molar-refractivity contribution in [2.24, 2.45) is 5.92 Å². The van der Waals surface area contributed by atoms with E-state index in [1.54, 1.807) is 0 Å². The molecule has 3 rings (SSSR count). The highest BCUT2D eigenvalue weighted by Gasteiger charge is 2.21. The summed E-state index contributed by atoms with van der Waals surface area (Å²) in [5.74, 6) is 0.976. The van der Waals surface area contributed by atoms with Crippen LogP contribution in [-0.4, -0.2) is 17.5 Å². The fourth-order valence-corrected chi connectivity index (χ4v) is 1.65. The normalized spacial score (nSPS) is 14.8. The smallest absolute Gasteiger partial charge is 0.302 e. The quantitative estimate of drug-likeness (QED) is 0.558. The molecule has 17 heavy (non-hydrogen) atoms. The van der Waals surface area contributed by atoms with Crippen LogP contribution in [0, 0.1) is 11.3 Å². The highest BCUT2D eigenvalue weighted by Crippen LogP contribution is 2.27. The molecular formula is C12H14N4O. The fraction of sp³-hybridized carbons (Fsp3) is 0.333. The molecule has 0 saturated heterocycles. The van der Waals surface area contributed by atoms with Crippen LogP contribution in [0.25, 0.3) is 11.1 Å². The molecule has 1 saturated carbocycles. The van der Waals surface area contributed by atoms with E-state index in [1.807, 2.05) is 24.3 Å². The van der Waals surface area contributed by atoms with Gasteiger partial charge < -0.3 is 9.73 Å².